The van der Waals surface area contributed by atoms with Crippen molar-refractivity contribution in [3.8, 4) is 0 Å². The van der Waals surface area contributed by atoms with Crippen molar-refractivity contribution in [3.63, 3.8) is 0 Å². The number of aliphatic carboxylic acids is 1. The predicted molar refractivity (Wildman–Crippen MR) is 152 cm³/mol. The molecule has 0 spiro atoms. The summed E-state index contributed by atoms with van der Waals surface area (Å²) < 4.78 is 2.19. The van der Waals surface area contributed by atoms with Crippen LogP contribution in [-0.4, -0.2) is 70.7 Å². The van der Waals surface area contributed by atoms with Crippen LogP contribution in [0.2, 0.25) is 0 Å². The van der Waals surface area contributed by atoms with Gasteiger partial charge in [0.25, 0.3) is 11.8 Å². The number of thioether (sulfide) groups is 1. The Hall–Kier alpha value is -3.43. The van der Waals surface area contributed by atoms with Crippen LogP contribution in [0.3, 0.4) is 0 Å². The Morgan fingerprint density at radius 1 is 1.43 bits per heavy atom. The number of hydrogen-bond acceptors (Lipinski definition) is 12. The number of nitrogens with two attached hydrogens (primary N) is 1. The molecule has 2 aromatic heterocycles. The van der Waals surface area contributed by atoms with Crippen molar-refractivity contribution in [1.82, 2.24) is 15.2 Å². The summed E-state index contributed by atoms with van der Waals surface area (Å²) in [5, 5.41) is 21.0. The number of nitrogens with zero attached hydrogens (tertiary/aromatic N) is 5. The standard InChI is InChI=1S/C25H29N7O5S3/c1-4-9-37-29-17(14-12-39-24(26)27-14)20(33)28-18-21(34)32-19(23(35)36)13(11-38-22(18)32)10-30(2)25-31(3)15-7-5-6-8-16(15)40-25/h4,12,18,22H,1,5-11H2,2-3H3,(H3-,26,27,28,33,35,36)/b29-17-. The van der Waals surface area contributed by atoms with Gasteiger partial charge in [-0.25, -0.2) is 9.55 Å². The first-order valence-electron chi connectivity index (χ1n) is 12.6. The van der Waals surface area contributed by atoms with E-state index in [-0.39, 0.29) is 28.8 Å². The summed E-state index contributed by atoms with van der Waals surface area (Å²) in [6.07, 6.45) is 5.91. The van der Waals surface area contributed by atoms with Crippen LogP contribution in [0, 0.1) is 0 Å². The van der Waals surface area contributed by atoms with Gasteiger partial charge in [0.05, 0.1) is 30.6 Å². The molecule has 2 atom stereocenters. The third kappa shape index (κ3) is 5.20. The van der Waals surface area contributed by atoms with E-state index in [2.05, 4.69) is 26.6 Å². The average molecular weight is 604 g/mol. The number of carboxylic acids is 1. The summed E-state index contributed by atoms with van der Waals surface area (Å²) >= 11 is 4.25. The van der Waals surface area contributed by atoms with Crippen molar-refractivity contribution in [2.75, 3.05) is 36.6 Å². The Kier molecular flexibility index (Phi) is 8.14. The number of carbonyl (C=O) groups excluding carboxylic acids is 3. The third-order valence-corrected chi connectivity index (χ3v) is 10.4. The maximum Gasteiger partial charge on any atom is 0.336 e. The highest BCUT2D eigenvalue weighted by atomic mass is 32.2. The molecule has 15 heteroatoms. The smallest absolute Gasteiger partial charge is 0.336 e. The number of hydrogen-bond donors (Lipinski definition) is 2. The van der Waals surface area contributed by atoms with Gasteiger partial charge in [-0.2, -0.15) is 0 Å². The summed E-state index contributed by atoms with van der Waals surface area (Å²) in [4.78, 5) is 52.4. The monoisotopic (exact) mass is 603 g/mol. The second kappa shape index (κ2) is 11.6. The maximum absolute atomic E-state index is 13.2. The number of anilines is 2. The second-order valence-corrected chi connectivity index (χ2v) is 12.6. The molecule has 0 bridgehead atoms. The number of nitrogen functional groups attached to an aromatic ring is 1. The van der Waals surface area contributed by atoms with Crippen LogP contribution in [0.25, 0.3) is 0 Å². The number of nitrogens with one attached hydrogen (secondary N) is 1. The summed E-state index contributed by atoms with van der Waals surface area (Å²) in [6, 6.07) is -0.950. The van der Waals surface area contributed by atoms with Crippen molar-refractivity contribution >= 4 is 68.2 Å². The molecule has 2 aromatic rings. The van der Waals surface area contributed by atoms with E-state index in [0.29, 0.717) is 17.9 Å². The molecule has 4 heterocycles. The van der Waals surface area contributed by atoms with Gasteiger partial charge in [-0.1, -0.05) is 29.1 Å². The Labute approximate surface area is 243 Å². The molecule has 40 heavy (non-hydrogen) atoms. The third-order valence-electron chi connectivity index (χ3n) is 6.91. The topological polar surface area (TPSA) is 157 Å². The van der Waals surface area contributed by atoms with Gasteiger partial charge in [-0.15, -0.1) is 23.1 Å². The van der Waals surface area contributed by atoms with Gasteiger partial charge >= 0.3 is 5.13 Å². The largest absolute Gasteiger partial charge is 0.543 e. The highest BCUT2D eigenvalue weighted by molar-refractivity contribution is 8.00. The minimum atomic E-state index is -1.42. The fourth-order valence-corrected chi connectivity index (χ4v) is 8.24. The average Bonchev–Trinajstić information content (AvgIpc) is 3.52. The van der Waals surface area contributed by atoms with Crippen molar-refractivity contribution in [1.29, 1.82) is 0 Å². The van der Waals surface area contributed by atoms with Crippen molar-refractivity contribution < 1.29 is 28.9 Å². The molecule has 1 saturated heterocycles. The van der Waals surface area contributed by atoms with Gasteiger partial charge < -0.3 is 25.8 Å². The normalized spacial score (nSPS) is 20.4. The zero-order valence-electron chi connectivity index (χ0n) is 22.0. The maximum atomic E-state index is 13.2. The van der Waals surface area contributed by atoms with E-state index < -0.39 is 29.2 Å². The lowest BCUT2D eigenvalue weighted by Gasteiger charge is -2.50. The van der Waals surface area contributed by atoms with Gasteiger partial charge in [0.15, 0.2) is 10.8 Å². The lowest BCUT2D eigenvalue weighted by molar-refractivity contribution is -0.662. The molecule has 3 N–H and O–H groups in total. The van der Waals surface area contributed by atoms with Crippen molar-refractivity contribution in [3.05, 3.63) is 45.6 Å². The number of β-lactam (4-membered cyclic amide) rings is 1. The fraction of sp³-hybridized carbons (Fsp3) is 0.440. The highest BCUT2D eigenvalue weighted by Crippen LogP contribution is 2.41. The van der Waals surface area contributed by atoms with E-state index >= 15 is 0 Å². The minimum absolute atomic E-state index is 0.0636. The number of aryl methyl sites for hydroxylation is 1. The van der Waals surface area contributed by atoms with Crippen LogP contribution in [-0.2, 0) is 39.1 Å². The van der Waals surface area contributed by atoms with E-state index in [1.54, 1.807) is 16.7 Å². The first-order valence-corrected chi connectivity index (χ1v) is 15.4. The highest BCUT2D eigenvalue weighted by Gasteiger charge is 2.53. The molecule has 5 rings (SSSR count). The molecule has 1 aliphatic carbocycles. The predicted octanol–water partition coefficient (Wildman–Crippen LogP) is -0.0629. The van der Waals surface area contributed by atoms with Gasteiger partial charge in [-0.05, 0) is 19.3 Å². The molecule has 0 radical (unpaired) electrons. The van der Waals surface area contributed by atoms with Crippen LogP contribution in [0.4, 0.5) is 10.3 Å². The molecule has 3 aliphatic rings. The summed E-state index contributed by atoms with van der Waals surface area (Å²) in [6.45, 7) is 3.94. The zero-order valence-corrected chi connectivity index (χ0v) is 24.5. The van der Waals surface area contributed by atoms with Crippen molar-refractivity contribution in [2.45, 2.75) is 37.1 Å². The Bertz CT molecular complexity index is 1430. The minimum Gasteiger partial charge on any atom is -0.543 e. The van der Waals surface area contributed by atoms with E-state index in [1.807, 2.05) is 19.0 Å². The Morgan fingerprint density at radius 2 is 2.20 bits per heavy atom. The quantitative estimate of drug-likeness (QED) is 0.0948. The number of aromatic nitrogens is 2. The molecule has 2 aliphatic heterocycles. The van der Waals surface area contributed by atoms with Crippen LogP contribution < -0.4 is 25.6 Å². The summed E-state index contributed by atoms with van der Waals surface area (Å²) in [5.41, 5.74) is 7.55. The molecule has 0 saturated carbocycles. The first-order chi connectivity index (χ1) is 19.2. The molecule has 2 unspecified atom stereocenters. The first kappa shape index (κ1) is 28.1. The van der Waals surface area contributed by atoms with Crippen LogP contribution >= 0.6 is 34.4 Å². The number of fused-ring (bicyclic) bond motifs is 2. The molecular weight excluding hydrogens is 575 g/mol. The van der Waals surface area contributed by atoms with Gasteiger partial charge in [0.1, 0.15) is 36.0 Å². The molecule has 12 nitrogen and oxygen atoms in total. The number of oxime groups is 1. The molecule has 212 valence electrons. The number of likely N-dealkylation sites (N-methyl/N-ethyl adjacent to an activating group) is 1. The Morgan fingerprint density at radius 3 is 2.88 bits per heavy atom. The number of carbonyl (C=O) groups is 3. The number of rotatable bonds is 10. The van der Waals surface area contributed by atoms with E-state index in [0.717, 1.165) is 29.3 Å². The van der Waals surface area contributed by atoms with Crippen LogP contribution in [0.15, 0.2) is 34.5 Å². The van der Waals surface area contributed by atoms with Crippen LogP contribution in [0.1, 0.15) is 29.1 Å². The summed E-state index contributed by atoms with van der Waals surface area (Å²) in [7, 11) is 3.97. The van der Waals surface area contributed by atoms with E-state index in [1.165, 1.54) is 46.2 Å². The van der Waals surface area contributed by atoms with E-state index in [4.69, 9.17) is 10.6 Å². The zero-order chi connectivity index (χ0) is 28.6. The fourth-order valence-electron chi connectivity index (χ4n) is 5.07. The lowest BCUT2D eigenvalue weighted by atomic mass is 10.0. The molecular formula is C25H29N7O5S3. The molecule has 2 amide bonds. The van der Waals surface area contributed by atoms with Crippen LogP contribution in [0.5, 0.6) is 0 Å². The Balaban J connectivity index is 1.33. The van der Waals surface area contributed by atoms with Gasteiger partial charge in [0, 0.05) is 23.1 Å². The van der Waals surface area contributed by atoms with Gasteiger partial charge in [-0.3, -0.25) is 19.4 Å². The number of amides is 2. The number of thiazole rings is 2. The molecule has 1 fully saturated rings. The SMILES string of the molecule is C=CCO/N=C(\C(=O)NC1C(=O)N2C(C(=O)[O-])=C(CN(C)c3sc4c([n+]3C)CCCC4)CSC12)c1csc(N)n1. The van der Waals surface area contributed by atoms with Crippen molar-refractivity contribution in [2.24, 2.45) is 12.2 Å². The summed E-state index contributed by atoms with van der Waals surface area (Å²) in [5.74, 6) is -2.27. The lowest BCUT2D eigenvalue weighted by Crippen LogP contribution is -2.71. The van der Waals surface area contributed by atoms with E-state index in [9.17, 15) is 19.5 Å². The second-order valence-electron chi connectivity index (χ2n) is 9.57. The molecule has 0 aromatic carbocycles. The van der Waals surface area contributed by atoms with Gasteiger partial charge in [0.2, 0.25) is 0 Å². The number of carboxylic acid groups (broad SMARTS) is 1.